The Kier molecular flexibility index (Phi) is 2.12. The Labute approximate surface area is 68.3 Å². The number of carbonyl (C=O) groups excluding carboxylic acids is 2. The van der Waals surface area contributed by atoms with Gasteiger partial charge in [0.25, 0.3) is 0 Å². The van der Waals surface area contributed by atoms with Crippen LogP contribution in [0.3, 0.4) is 0 Å². The fraction of sp³-hybridized carbons (Fsp3) is 0.571. The summed E-state index contributed by atoms with van der Waals surface area (Å²) in [4.78, 5) is 31.8. The van der Waals surface area contributed by atoms with Gasteiger partial charge in [-0.1, -0.05) is 6.92 Å². The molecule has 0 aromatic carbocycles. The molecular weight excluding hydrogens is 164 g/mol. The average molecular weight is 172 g/mol. The molecule has 1 heterocycles. The van der Waals surface area contributed by atoms with Crippen molar-refractivity contribution in [1.29, 1.82) is 0 Å². The first-order chi connectivity index (χ1) is 5.52. The fourth-order valence-corrected chi connectivity index (χ4v) is 1.08. The summed E-state index contributed by atoms with van der Waals surface area (Å²) in [6, 6.07) is 0. The highest BCUT2D eigenvalue weighted by molar-refractivity contribution is 5.97. The third-order valence-corrected chi connectivity index (χ3v) is 1.87. The van der Waals surface area contributed by atoms with E-state index < -0.39 is 29.7 Å². The first kappa shape index (κ1) is 8.70. The van der Waals surface area contributed by atoms with Gasteiger partial charge in [-0.25, -0.2) is 0 Å². The van der Waals surface area contributed by atoms with Gasteiger partial charge >= 0.3 is 17.9 Å². The molecule has 0 bridgehead atoms. The van der Waals surface area contributed by atoms with E-state index >= 15 is 0 Å². The Balaban J connectivity index is 2.70. The minimum atomic E-state index is -1.10. The Morgan fingerprint density at radius 1 is 1.50 bits per heavy atom. The molecule has 1 aliphatic heterocycles. The second-order valence-electron chi connectivity index (χ2n) is 2.73. The maximum atomic E-state index is 10.8. The summed E-state index contributed by atoms with van der Waals surface area (Å²) >= 11 is 0. The first-order valence-electron chi connectivity index (χ1n) is 3.49. The van der Waals surface area contributed by atoms with Gasteiger partial charge in [-0.3, -0.25) is 14.4 Å². The van der Waals surface area contributed by atoms with E-state index in [0.717, 1.165) is 0 Å². The van der Waals surface area contributed by atoms with E-state index in [9.17, 15) is 14.4 Å². The average Bonchev–Trinajstić information content (AvgIpc) is 2.16. The lowest BCUT2D eigenvalue weighted by molar-refractivity contribution is -0.155. The molecule has 0 spiro atoms. The van der Waals surface area contributed by atoms with Crippen LogP contribution >= 0.6 is 0 Å². The van der Waals surface area contributed by atoms with Crippen LogP contribution in [0.4, 0.5) is 0 Å². The standard InChI is InChI=1S/C7H8O5/c1-3-4(2-5(8)9)7(11)12-6(3)10/h3-4H,2H2,1H3,(H,8,9). The largest absolute Gasteiger partial charge is 0.481 e. The molecule has 5 heteroatoms. The maximum absolute atomic E-state index is 10.8. The zero-order chi connectivity index (χ0) is 9.30. The minimum Gasteiger partial charge on any atom is -0.481 e. The molecule has 1 aliphatic rings. The van der Waals surface area contributed by atoms with E-state index in [-0.39, 0.29) is 6.42 Å². The van der Waals surface area contributed by atoms with Crippen LogP contribution in [0.2, 0.25) is 0 Å². The molecule has 2 unspecified atom stereocenters. The molecule has 12 heavy (non-hydrogen) atoms. The number of esters is 2. The summed E-state index contributed by atoms with van der Waals surface area (Å²) in [5, 5.41) is 8.38. The summed E-state index contributed by atoms with van der Waals surface area (Å²) in [5.41, 5.74) is 0. The number of rotatable bonds is 2. The lowest BCUT2D eigenvalue weighted by Gasteiger charge is -2.03. The number of aliphatic carboxylic acids is 1. The third-order valence-electron chi connectivity index (χ3n) is 1.87. The number of carbonyl (C=O) groups is 3. The van der Waals surface area contributed by atoms with Crippen LogP contribution in [-0.4, -0.2) is 23.0 Å². The van der Waals surface area contributed by atoms with Crippen molar-refractivity contribution in [3.05, 3.63) is 0 Å². The second-order valence-corrected chi connectivity index (χ2v) is 2.73. The number of carboxylic acids is 1. The summed E-state index contributed by atoms with van der Waals surface area (Å²) in [6.45, 7) is 1.49. The molecule has 66 valence electrons. The molecule has 0 aromatic rings. The van der Waals surface area contributed by atoms with Crippen molar-refractivity contribution < 1.29 is 24.2 Å². The Bertz CT molecular complexity index is 244. The lowest BCUT2D eigenvalue weighted by Crippen LogP contribution is -2.18. The predicted molar refractivity (Wildman–Crippen MR) is 36.0 cm³/mol. The first-order valence-corrected chi connectivity index (χ1v) is 3.49. The molecule has 0 aromatic heterocycles. The van der Waals surface area contributed by atoms with Crippen molar-refractivity contribution in [3.63, 3.8) is 0 Å². The highest BCUT2D eigenvalue weighted by Crippen LogP contribution is 2.25. The fourth-order valence-electron chi connectivity index (χ4n) is 1.08. The SMILES string of the molecule is CC1C(=O)OC(=O)C1CC(=O)O. The minimum absolute atomic E-state index is 0.342. The van der Waals surface area contributed by atoms with Crippen LogP contribution in [0.15, 0.2) is 0 Å². The zero-order valence-electron chi connectivity index (χ0n) is 6.44. The van der Waals surface area contributed by atoms with Gasteiger partial charge in [-0.2, -0.15) is 0 Å². The molecule has 0 aliphatic carbocycles. The Hall–Kier alpha value is -1.39. The van der Waals surface area contributed by atoms with Gasteiger partial charge in [0.05, 0.1) is 18.3 Å². The predicted octanol–water partition coefficient (Wildman–Crippen LogP) is -0.203. The van der Waals surface area contributed by atoms with Crippen molar-refractivity contribution in [3.8, 4) is 0 Å². The van der Waals surface area contributed by atoms with Gasteiger partial charge in [0.1, 0.15) is 0 Å². The number of ether oxygens (including phenoxy) is 1. The van der Waals surface area contributed by atoms with Crippen molar-refractivity contribution in [2.75, 3.05) is 0 Å². The van der Waals surface area contributed by atoms with Crippen LogP contribution in [0, 0.1) is 11.8 Å². The zero-order valence-corrected chi connectivity index (χ0v) is 6.44. The summed E-state index contributed by atoms with van der Waals surface area (Å²) in [7, 11) is 0. The monoisotopic (exact) mass is 172 g/mol. The molecular formula is C7H8O5. The molecule has 0 radical (unpaired) electrons. The second kappa shape index (κ2) is 2.92. The quantitative estimate of drug-likeness (QED) is 0.460. The molecule has 1 rings (SSSR count). The smallest absolute Gasteiger partial charge is 0.318 e. The molecule has 0 amide bonds. The third kappa shape index (κ3) is 1.44. The van der Waals surface area contributed by atoms with Crippen molar-refractivity contribution in [2.24, 2.45) is 11.8 Å². The maximum Gasteiger partial charge on any atom is 0.318 e. The van der Waals surface area contributed by atoms with Crippen LogP contribution in [0.5, 0.6) is 0 Å². The van der Waals surface area contributed by atoms with E-state index in [1.165, 1.54) is 6.92 Å². The highest BCUT2D eigenvalue weighted by Gasteiger charge is 2.42. The molecule has 0 saturated carbocycles. The number of hydrogen-bond acceptors (Lipinski definition) is 4. The van der Waals surface area contributed by atoms with Crippen LogP contribution in [0.1, 0.15) is 13.3 Å². The molecule has 2 atom stereocenters. The van der Waals surface area contributed by atoms with Crippen LogP contribution in [-0.2, 0) is 19.1 Å². The van der Waals surface area contributed by atoms with E-state index in [0.29, 0.717) is 0 Å². The van der Waals surface area contributed by atoms with Gasteiger partial charge in [0, 0.05) is 0 Å². The van der Waals surface area contributed by atoms with E-state index in [2.05, 4.69) is 4.74 Å². The van der Waals surface area contributed by atoms with Gasteiger partial charge in [0.2, 0.25) is 0 Å². The normalized spacial score (nSPS) is 28.8. The topological polar surface area (TPSA) is 80.7 Å². The van der Waals surface area contributed by atoms with Crippen LogP contribution < -0.4 is 0 Å². The summed E-state index contributed by atoms with van der Waals surface area (Å²) in [6.07, 6.45) is -0.342. The summed E-state index contributed by atoms with van der Waals surface area (Å²) in [5.74, 6) is -3.90. The number of cyclic esters (lactones) is 2. The van der Waals surface area contributed by atoms with Gasteiger partial charge < -0.3 is 9.84 Å². The molecule has 5 nitrogen and oxygen atoms in total. The van der Waals surface area contributed by atoms with Crippen molar-refractivity contribution >= 4 is 17.9 Å². The van der Waals surface area contributed by atoms with Crippen molar-refractivity contribution in [1.82, 2.24) is 0 Å². The number of hydrogen-bond donors (Lipinski definition) is 1. The van der Waals surface area contributed by atoms with Gasteiger partial charge in [-0.05, 0) is 0 Å². The van der Waals surface area contributed by atoms with Gasteiger partial charge in [0.15, 0.2) is 0 Å². The summed E-state index contributed by atoms with van der Waals surface area (Å²) < 4.78 is 4.25. The van der Waals surface area contributed by atoms with Crippen LogP contribution in [0.25, 0.3) is 0 Å². The number of carboxylic acid groups (broad SMARTS) is 1. The molecule has 1 fully saturated rings. The Morgan fingerprint density at radius 3 is 2.42 bits per heavy atom. The highest BCUT2D eigenvalue weighted by atomic mass is 16.6. The van der Waals surface area contributed by atoms with E-state index in [4.69, 9.17) is 5.11 Å². The van der Waals surface area contributed by atoms with E-state index in [1.807, 2.05) is 0 Å². The van der Waals surface area contributed by atoms with E-state index in [1.54, 1.807) is 0 Å². The lowest BCUT2D eigenvalue weighted by atomic mass is 9.94. The van der Waals surface area contributed by atoms with Gasteiger partial charge in [-0.15, -0.1) is 0 Å². The Morgan fingerprint density at radius 2 is 2.08 bits per heavy atom. The molecule has 1 N–H and O–H groups in total. The van der Waals surface area contributed by atoms with Crippen molar-refractivity contribution in [2.45, 2.75) is 13.3 Å². The molecule has 1 saturated heterocycles.